The Morgan fingerprint density at radius 3 is 2.42 bits per heavy atom. The van der Waals surface area contributed by atoms with E-state index in [1.54, 1.807) is 6.92 Å². The van der Waals surface area contributed by atoms with E-state index in [9.17, 15) is 14.7 Å². The Balaban J connectivity index is 2.55. The molecule has 3 amide bonds. The highest BCUT2D eigenvalue weighted by Gasteiger charge is 2.35. The molecule has 4 N–H and O–H groups in total. The zero-order valence-electron chi connectivity index (χ0n) is 12.0. The van der Waals surface area contributed by atoms with Gasteiger partial charge in [-0.15, -0.1) is 0 Å². The Morgan fingerprint density at radius 1 is 1.37 bits per heavy atom. The summed E-state index contributed by atoms with van der Waals surface area (Å²) in [5.74, 6) is 0.280. The molecule has 0 aromatic carbocycles. The van der Waals surface area contributed by atoms with Crippen molar-refractivity contribution in [3.63, 3.8) is 0 Å². The number of amides is 3. The van der Waals surface area contributed by atoms with E-state index in [1.165, 1.54) is 7.05 Å². The maximum absolute atomic E-state index is 11.8. The summed E-state index contributed by atoms with van der Waals surface area (Å²) in [5.41, 5.74) is -0.397. The number of imide groups is 1. The number of carbonyl (C=O) groups is 2. The number of aliphatic hydroxyl groups is 1. The van der Waals surface area contributed by atoms with Crippen molar-refractivity contribution in [2.45, 2.75) is 51.1 Å². The van der Waals surface area contributed by atoms with E-state index in [0.717, 1.165) is 25.7 Å². The normalized spacial score (nSPS) is 28.5. The Labute approximate surface area is 114 Å². The molecule has 0 aliphatic heterocycles. The summed E-state index contributed by atoms with van der Waals surface area (Å²) in [6, 6.07) is -1.04. The van der Waals surface area contributed by atoms with Gasteiger partial charge in [-0.05, 0) is 38.5 Å². The van der Waals surface area contributed by atoms with Crippen LogP contribution in [-0.2, 0) is 4.79 Å². The first kappa shape index (κ1) is 15.9. The summed E-state index contributed by atoms with van der Waals surface area (Å²) in [6.07, 6.45) is 3.78. The molecule has 0 spiro atoms. The molecule has 1 atom stereocenters. The highest BCUT2D eigenvalue weighted by molar-refractivity contribution is 5.96. The number of hydrogen-bond donors (Lipinski definition) is 4. The van der Waals surface area contributed by atoms with E-state index >= 15 is 0 Å². The minimum absolute atomic E-state index is 0.0112. The molecule has 0 bridgehead atoms. The van der Waals surface area contributed by atoms with Crippen LogP contribution in [0.15, 0.2) is 0 Å². The average molecular weight is 271 g/mol. The molecule has 0 aromatic heterocycles. The molecule has 1 aliphatic carbocycles. The number of aliphatic hydroxyl groups excluding tert-OH is 1. The van der Waals surface area contributed by atoms with Gasteiger partial charge < -0.3 is 10.4 Å². The Morgan fingerprint density at radius 2 is 1.95 bits per heavy atom. The minimum atomic E-state index is -0.519. The second-order valence-electron chi connectivity index (χ2n) is 5.56. The summed E-state index contributed by atoms with van der Waals surface area (Å²) in [7, 11) is 1.46. The van der Waals surface area contributed by atoms with Gasteiger partial charge in [0.2, 0.25) is 5.91 Å². The van der Waals surface area contributed by atoms with Crippen LogP contribution >= 0.6 is 0 Å². The predicted octanol–water partition coefficient (Wildman–Crippen LogP) is 0.361. The number of hydrogen-bond acceptors (Lipinski definition) is 4. The van der Waals surface area contributed by atoms with Crippen molar-refractivity contribution in [2.24, 2.45) is 5.92 Å². The van der Waals surface area contributed by atoms with Gasteiger partial charge in [-0.3, -0.25) is 15.4 Å². The standard InChI is InChI=1S/C13H25N3O3/c1-9-4-6-13(8-17,7-5-9)16-10(2)11(18)15-12(19)14-3/h9-10,16-17H,4-8H2,1-3H3,(H2,14,15,18,19). The van der Waals surface area contributed by atoms with Crippen molar-refractivity contribution in [1.29, 1.82) is 0 Å². The van der Waals surface area contributed by atoms with Crippen LogP contribution in [0.1, 0.15) is 39.5 Å². The number of carbonyl (C=O) groups excluding carboxylic acids is 2. The van der Waals surface area contributed by atoms with Gasteiger partial charge >= 0.3 is 6.03 Å². The van der Waals surface area contributed by atoms with E-state index in [4.69, 9.17) is 0 Å². The fourth-order valence-electron chi connectivity index (χ4n) is 2.47. The smallest absolute Gasteiger partial charge is 0.321 e. The van der Waals surface area contributed by atoms with Crippen LogP contribution in [0.2, 0.25) is 0 Å². The molecule has 6 heteroatoms. The van der Waals surface area contributed by atoms with Gasteiger partial charge in [-0.1, -0.05) is 6.92 Å². The summed E-state index contributed by atoms with van der Waals surface area (Å²) in [5, 5.41) is 17.4. The van der Waals surface area contributed by atoms with Crippen LogP contribution in [-0.4, -0.2) is 42.3 Å². The van der Waals surface area contributed by atoms with E-state index in [-0.39, 0.29) is 12.5 Å². The van der Waals surface area contributed by atoms with Crippen molar-refractivity contribution < 1.29 is 14.7 Å². The monoisotopic (exact) mass is 271 g/mol. The molecule has 1 fully saturated rings. The second kappa shape index (κ2) is 6.86. The third-order valence-electron chi connectivity index (χ3n) is 3.91. The van der Waals surface area contributed by atoms with E-state index in [2.05, 4.69) is 22.9 Å². The molecule has 6 nitrogen and oxygen atoms in total. The van der Waals surface area contributed by atoms with Gasteiger partial charge in [0.1, 0.15) is 0 Å². The lowest BCUT2D eigenvalue weighted by Gasteiger charge is -2.40. The van der Waals surface area contributed by atoms with Gasteiger partial charge in [0, 0.05) is 12.6 Å². The highest BCUT2D eigenvalue weighted by Crippen LogP contribution is 2.31. The molecule has 0 aromatic rings. The average Bonchev–Trinajstić information content (AvgIpc) is 2.41. The summed E-state index contributed by atoms with van der Waals surface area (Å²) in [4.78, 5) is 22.9. The predicted molar refractivity (Wildman–Crippen MR) is 72.6 cm³/mol. The number of rotatable bonds is 4. The maximum atomic E-state index is 11.8. The minimum Gasteiger partial charge on any atom is -0.394 e. The summed E-state index contributed by atoms with van der Waals surface area (Å²) in [6.45, 7) is 3.91. The van der Waals surface area contributed by atoms with Crippen LogP contribution in [0.25, 0.3) is 0 Å². The van der Waals surface area contributed by atoms with Gasteiger partial charge in [-0.25, -0.2) is 4.79 Å². The molecule has 1 aliphatic rings. The van der Waals surface area contributed by atoms with Crippen LogP contribution in [0, 0.1) is 5.92 Å². The molecule has 1 saturated carbocycles. The Hall–Kier alpha value is -1.14. The van der Waals surface area contributed by atoms with Crippen molar-refractivity contribution in [3.8, 4) is 0 Å². The van der Waals surface area contributed by atoms with Crippen molar-refractivity contribution in [2.75, 3.05) is 13.7 Å². The van der Waals surface area contributed by atoms with Gasteiger partial charge in [0.25, 0.3) is 0 Å². The Bertz CT molecular complexity index is 325. The first-order valence-electron chi connectivity index (χ1n) is 6.83. The quantitative estimate of drug-likeness (QED) is 0.594. The van der Waals surface area contributed by atoms with Crippen LogP contribution in [0.4, 0.5) is 4.79 Å². The zero-order valence-corrected chi connectivity index (χ0v) is 12.0. The molecule has 1 unspecified atom stereocenters. The van der Waals surface area contributed by atoms with Crippen LogP contribution < -0.4 is 16.0 Å². The molecule has 19 heavy (non-hydrogen) atoms. The fourth-order valence-corrected chi connectivity index (χ4v) is 2.47. The maximum Gasteiger partial charge on any atom is 0.321 e. The molecule has 110 valence electrons. The topological polar surface area (TPSA) is 90.5 Å². The first-order valence-corrected chi connectivity index (χ1v) is 6.83. The second-order valence-corrected chi connectivity index (χ2v) is 5.56. The first-order chi connectivity index (χ1) is 8.92. The third kappa shape index (κ3) is 4.47. The third-order valence-corrected chi connectivity index (χ3v) is 3.91. The van der Waals surface area contributed by atoms with Crippen molar-refractivity contribution in [3.05, 3.63) is 0 Å². The lowest BCUT2D eigenvalue weighted by molar-refractivity contribution is -0.122. The molecular weight excluding hydrogens is 246 g/mol. The summed E-state index contributed by atoms with van der Waals surface area (Å²) >= 11 is 0. The highest BCUT2D eigenvalue weighted by atomic mass is 16.3. The van der Waals surface area contributed by atoms with Crippen LogP contribution in [0.3, 0.4) is 0 Å². The van der Waals surface area contributed by atoms with Crippen molar-refractivity contribution >= 4 is 11.9 Å². The summed E-state index contributed by atoms with van der Waals surface area (Å²) < 4.78 is 0. The van der Waals surface area contributed by atoms with E-state index in [1.807, 2.05) is 0 Å². The molecule has 0 radical (unpaired) electrons. The Kier molecular flexibility index (Phi) is 5.75. The zero-order chi connectivity index (χ0) is 14.5. The fraction of sp³-hybridized carbons (Fsp3) is 0.846. The number of nitrogens with one attached hydrogen (secondary N) is 3. The van der Waals surface area contributed by atoms with Gasteiger partial charge in [-0.2, -0.15) is 0 Å². The molecular formula is C13H25N3O3. The van der Waals surface area contributed by atoms with E-state index in [0.29, 0.717) is 5.92 Å². The molecule has 1 rings (SSSR count). The van der Waals surface area contributed by atoms with E-state index < -0.39 is 17.6 Å². The van der Waals surface area contributed by atoms with Crippen molar-refractivity contribution in [1.82, 2.24) is 16.0 Å². The largest absolute Gasteiger partial charge is 0.394 e. The SMILES string of the molecule is CNC(=O)NC(=O)C(C)NC1(CO)CCC(C)CC1. The molecule has 0 heterocycles. The molecule has 0 saturated heterocycles. The van der Waals surface area contributed by atoms with Gasteiger partial charge in [0.05, 0.1) is 12.6 Å². The number of urea groups is 1. The lowest BCUT2D eigenvalue weighted by atomic mass is 9.77. The lowest BCUT2D eigenvalue weighted by Crippen LogP contribution is -2.58. The van der Waals surface area contributed by atoms with Crippen LogP contribution in [0.5, 0.6) is 0 Å². The van der Waals surface area contributed by atoms with Gasteiger partial charge in [0.15, 0.2) is 0 Å².